The van der Waals surface area contributed by atoms with Gasteiger partial charge in [-0.25, -0.2) is 0 Å². The van der Waals surface area contributed by atoms with Crippen molar-refractivity contribution in [1.29, 1.82) is 0 Å². The lowest BCUT2D eigenvalue weighted by molar-refractivity contribution is 0.121. The van der Waals surface area contributed by atoms with Crippen LogP contribution >= 0.6 is 0 Å². The molecule has 2 saturated heterocycles. The minimum Gasteiger partial charge on any atom is -0.480 e. The molecule has 10 nitrogen and oxygen atoms in total. The van der Waals surface area contributed by atoms with Crippen LogP contribution < -0.4 is 14.5 Å². The molecule has 0 aromatic carbocycles. The number of methoxy groups -OCH3 is 1. The first-order valence-corrected chi connectivity index (χ1v) is 8.63. The number of ether oxygens (including phenoxy) is 3. The molecule has 0 radical (unpaired) electrons. The van der Waals surface area contributed by atoms with E-state index >= 15 is 0 Å². The van der Waals surface area contributed by atoms with Crippen LogP contribution in [0.3, 0.4) is 0 Å². The minimum absolute atomic E-state index is 0.449. The Morgan fingerprint density at radius 2 is 1.38 bits per heavy atom. The monoisotopic (exact) mass is 359 g/mol. The van der Waals surface area contributed by atoms with Crippen LogP contribution in [0.1, 0.15) is 0 Å². The number of rotatable bonds is 4. The van der Waals surface area contributed by atoms with Crippen molar-refractivity contribution in [3.05, 3.63) is 12.1 Å². The molecule has 2 aromatic rings. The smallest absolute Gasteiger partial charge is 0.233 e. The van der Waals surface area contributed by atoms with E-state index in [1.807, 2.05) is 0 Å². The molecule has 2 aliphatic heterocycles. The predicted molar refractivity (Wildman–Crippen MR) is 93.5 cm³/mol. The molecular weight excluding hydrogens is 338 g/mol. The van der Waals surface area contributed by atoms with Gasteiger partial charge >= 0.3 is 0 Å². The lowest BCUT2D eigenvalue weighted by Crippen LogP contribution is -2.40. The Balaban J connectivity index is 1.70. The third-order valence-corrected chi connectivity index (χ3v) is 4.28. The summed E-state index contributed by atoms with van der Waals surface area (Å²) in [5.41, 5.74) is 0.581. The molecule has 4 rings (SSSR count). The Morgan fingerprint density at radius 3 is 1.85 bits per heavy atom. The molecule has 0 saturated carbocycles. The summed E-state index contributed by atoms with van der Waals surface area (Å²) in [6, 6.07) is 3.54. The zero-order valence-electron chi connectivity index (χ0n) is 14.7. The first-order valence-electron chi connectivity index (χ1n) is 8.63. The van der Waals surface area contributed by atoms with Gasteiger partial charge in [0.15, 0.2) is 5.82 Å². The number of nitrogens with zero attached hydrogens (tertiary/aromatic N) is 7. The molecule has 0 atom stereocenters. The van der Waals surface area contributed by atoms with E-state index in [0.717, 1.165) is 26.2 Å². The molecule has 26 heavy (non-hydrogen) atoms. The van der Waals surface area contributed by atoms with E-state index in [0.29, 0.717) is 55.7 Å². The van der Waals surface area contributed by atoms with Crippen molar-refractivity contribution in [2.75, 3.05) is 69.5 Å². The first-order chi connectivity index (χ1) is 12.8. The Bertz CT molecular complexity index is 695. The quantitative estimate of drug-likeness (QED) is 0.742. The van der Waals surface area contributed by atoms with Gasteiger partial charge < -0.3 is 24.0 Å². The van der Waals surface area contributed by atoms with Gasteiger partial charge in [-0.1, -0.05) is 0 Å². The van der Waals surface area contributed by atoms with Crippen LogP contribution in [-0.4, -0.2) is 84.9 Å². The van der Waals surface area contributed by atoms with Crippen molar-refractivity contribution in [3.63, 3.8) is 0 Å². The van der Waals surface area contributed by atoms with Gasteiger partial charge in [0, 0.05) is 32.2 Å². The molecule has 0 spiro atoms. The molecule has 0 unspecified atom stereocenters. The first kappa shape index (κ1) is 16.9. The van der Waals surface area contributed by atoms with Gasteiger partial charge in [0.05, 0.1) is 33.5 Å². The molecule has 10 heteroatoms. The van der Waals surface area contributed by atoms with Crippen LogP contribution in [0.25, 0.3) is 11.5 Å². The SMILES string of the molecule is COc1ccc(-c2nc(N3CCOCC3)nc(N3CCOCC3)n2)nn1. The fourth-order valence-electron chi connectivity index (χ4n) is 2.83. The summed E-state index contributed by atoms with van der Waals surface area (Å²) < 4.78 is 15.9. The number of anilines is 2. The highest BCUT2D eigenvalue weighted by Crippen LogP contribution is 2.22. The molecule has 2 aliphatic rings. The second-order valence-electron chi connectivity index (χ2n) is 5.92. The van der Waals surface area contributed by atoms with Crippen molar-refractivity contribution in [1.82, 2.24) is 25.1 Å². The zero-order chi connectivity index (χ0) is 17.8. The van der Waals surface area contributed by atoms with Gasteiger partial charge in [-0.05, 0) is 6.07 Å². The van der Waals surface area contributed by atoms with Gasteiger partial charge in [0.2, 0.25) is 17.8 Å². The summed E-state index contributed by atoms with van der Waals surface area (Å²) in [4.78, 5) is 18.1. The number of aromatic nitrogens is 5. The predicted octanol–water partition coefficient (Wildman–Crippen LogP) is 0.0104. The highest BCUT2D eigenvalue weighted by atomic mass is 16.5. The Kier molecular flexibility index (Phi) is 5.02. The second-order valence-corrected chi connectivity index (χ2v) is 5.92. The minimum atomic E-state index is 0.449. The maximum atomic E-state index is 5.43. The maximum absolute atomic E-state index is 5.43. The Labute approximate surface area is 151 Å². The third-order valence-electron chi connectivity index (χ3n) is 4.28. The van der Waals surface area contributed by atoms with Gasteiger partial charge in [0.25, 0.3) is 0 Å². The van der Waals surface area contributed by atoms with Gasteiger partial charge in [-0.15, -0.1) is 10.2 Å². The molecule has 4 heterocycles. The van der Waals surface area contributed by atoms with Crippen LogP contribution in [0.15, 0.2) is 12.1 Å². The van der Waals surface area contributed by atoms with Crippen LogP contribution in [0, 0.1) is 0 Å². The van der Waals surface area contributed by atoms with Crippen molar-refractivity contribution in [2.45, 2.75) is 0 Å². The highest BCUT2D eigenvalue weighted by molar-refractivity contribution is 5.54. The van der Waals surface area contributed by atoms with E-state index in [9.17, 15) is 0 Å². The van der Waals surface area contributed by atoms with E-state index in [-0.39, 0.29) is 0 Å². The third kappa shape index (κ3) is 3.65. The summed E-state index contributed by atoms with van der Waals surface area (Å²) in [5, 5.41) is 8.20. The Hall–Kier alpha value is -2.59. The van der Waals surface area contributed by atoms with E-state index in [4.69, 9.17) is 14.2 Å². The number of hydrogen-bond donors (Lipinski definition) is 0. The fourth-order valence-corrected chi connectivity index (χ4v) is 2.83. The second kappa shape index (κ2) is 7.75. The van der Waals surface area contributed by atoms with E-state index < -0.39 is 0 Å². The Morgan fingerprint density at radius 1 is 0.808 bits per heavy atom. The lowest BCUT2D eigenvalue weighted by Gasteiger charge is -2.30. The summed E-state index contributed by atoms with van der Waals surface area (Å²) in [5.74, 6) is 2.22. The molecule has 0 bridgehead atoms. The summed E-state index contributed by atoms with van der Waals surface area (Å²) in [6.07, 6.45) is 0. The molecule has 2 fully saturated rings. The largest absolute Gasteiger partial charge is 0.480 e. The van der Waals surface area contributed by atoms with Crippen molar-refractivity contribution in [3.8, 4) is 17.4 Å². The average molecular weight is 359 g/mol. The normalized spacial score (nSPS) is 18.0. The molecule has 2 aromatic heterocycles. The standard InChI is InChI=1S/C16H21N7O3/c1-24-13-3-2-12(20-21-13)14-17-15(22-4-8-25-9-5-22)19-16(18-14)23-6-10-26-11-7-23/h2-3H,4-11H2,1H3. The lowest BCUT2D eigenvalue weighted by atomic mass is 10.3. The van der Waals surface area contributed by atoms with Gasteiger partial charge in [0.1, 0.15) is 5.69 Å². The molecule has 138 valence electrons. The molecule has 0 amide bonds. The summed E-state index contributed by atoms with van der Waals surface area (Å²) >= 11 is 0. The van der Waals surface area contributed by atoms with Crippen LogP contribution in [0.4, 0.5) is 11.9 Å². The molecule has 0 aliphatic carbocycles. The van der Waals surface area contributed by atoms with Crippen LogP contribution in [0.2, 0.25) is 0 Å². The van der Waals surface area contributed by atoms with E-state index in [1.165, 1.54) is 0 Å². The average Bonchev–Trinajstić information content (AvgIpc) is 2.75. The van der Waals surface area contributed by atoms with Crippen LogP contribution in [-0.2, 0) is 9.47 Å². The molecular formula is C16H21N7O3. The van der Waals surface area contributed by atoms with Gasteiger partial charge in [-0.2, -0.15) is 15.0 Å². The fraction of sp³-hybridized carbons (Fsp3) is 0.562. The van der Waals surface area contributed by atoms with Crippen molar-refractivity contribution < 1.29 is 14.2 Å². The highest BCUT2D eigenvalue weighted by Gasteiger charge is 2.21. The number of morpholine rings is 2. The summed E-state index contributed by atoms with van der Waals surface area (Å²) in [7, 11) is 1.56. The van der Waals surface area contributed by atoms with Gasteiger partial charge in [-0.3, -0.25) is 0 Å². The van der Waals surface area contributed by atoms with Crippen molar-refractivity contribution in [2.24, 2.45) is 0 Å². The van der Waals surface area contributed by atoms with E-state index in [1.54, 1.807) is 19.2 Å². The maximum Gasteiger partial charge on any atom is 0.233 e. The van der Waals surface area contributed by atoms with Crippen LogP contribution in [0.5, 0.6) is 5.88 Å². The molecule has 0 N–H and O–H groups in total. The number of hydrogen-bond acceptors (Lipinski definition) is 10. The summed E-state index contributed by atoms with van der Waals surface area (Å²) in [6.45, 7) is 5.65. The van der Waals surface area contributed by atoms with Crippen molar-refractivity contribution >= 4 is 11.9 Å². The zero-order valence-corrected chi connectivity index (χ0v) is 14.7. The van der Waals surface area contributed by atoms with E-state index in [2.05, 4.69) is 34.9 Å². The topological polar surface area (TPSA) is 98.6 Å².